The van der Waals surface area contributed by atoms with Crippen LogP contribution in [0.5, 0.6) is 5.75 Å². The standard InChI is InChI=1S/C17H18ClN3O/c1-21-9-6-15(12-21)22-16-10-14(17(18)20-11-16)3-2-13-4-7-19-8-5-13/h2-5,7-8,10-11,15H,6,9,12H2,1H3/b3-2+/t15-/m0/s1. The quantitative estimate of drug-likeness (QED) is 0.811. The van der Waals surface area contributed by atoms with Crippen LogP contribution in [-0.2, 0) is 0 Å². The van der Waals surface area contributed by atoms with Crippen LogP contribution in [-0.4, -0.2) is 41.1 Å². The first-order chi connectivity index (χ1) is 10.7. The fraction of sp³-hybridized carbons (Fsp3) is 0.294. The van der Waals surface area contributed by atoms with Gasteiger partial charge < -0.3 is 9.64 Å². The minimum absolute atomic E-state index is 0.227. The minimum atomic E-state index is 0.227. The second kappa shape index (κ2) is 6.90. The van der Waals surface area contributed by atoms with Gasteiger partial charge in [0.25, 0.3) is 0 Å². The molecule has 3 rings (SSSR count). The van der Waals surface area contributed by atoms with Gasteiger partial charge in [-0.15, -0.1) is 0 Å². The van der Waals surface area contributed by atoms with Crippen LogP contribution < -0.4 is 4.74 Å². The van der Waals surface area contributed by atoms with E-state index in [4.69, 9.17) is 16.3 Å². The minimum Gasteiger partial charge on any atom is -0.487 e. The van der Waals surface area contributed by atoms with Gasteiger partial charge in [-0.3, -0.25) is 4.98 Å². The topological polar surface area (TPSA) is 38.2 Å². The summed E-state index contributed by atoms with van der Waals surface area (Å²) >= 11 is 6.16. The van der Waals surface area contributed by atoms with Crippen molar-refractivity contribution in [2.24, 2.45) is 0 Å². The van der Waals surface area contributed by atoms with E-state index in [1.165, 1.54) is 0 Å². The summed E-state index contributed by atoms with van der Waals surface area (Å²) in [5, 5.41) is 0.473. The molecule has 2 aromatic heterocycles. The van der Waals surface area contributed by atoms with Crippen molar-refractivity contribution in [3.05, 3.63) is 53.1 Å². The average Bonchev–Trinajstić information content (AvgIpc) is 2.94. The number of halogens is 1. The van der Waals surface area contributed by atoms with Gasteiger partial charge in [0.2, 0.25) is 0 Å². The highest BCUT2D eigenvalue weighted by Gasteiger charge is 2.21. The molecule has 22 heavy (non-hydrogen) atoms. The second-order valence-electron chi connectivity index (χ2n) is 5.46. The molecule has 5 heteroatoms. The van der Waals surface area contributed by atoms with Crippen molar-refractivity contribution in [2.75, 3.05) is 20.1 Å². The van der Waals surface area contributed by atoms with Crippen LogP contribution >= 0.6 is 11.6 Å². The second-order valence-corrected chi connectivity index (χ2v) is 5.81. The lowest BCUT2D eigenvalue weighted by Gasteiger charge is -2.14. The number of rotatable bonds is 4. The molecule has 0 amide bonds. The van der Waals surface area contributed by atoms with E-state index in [0.29, 0.717) is 5.15 Å². The number of hydrogen-bond acceptors (Lipinski definition) is 4. The molecule has 114 valence electrons. The molecule has 3 heterocycles. The summed E-state index contributed by atoms with van der Waals surface area (Å²) in [4.78, 5) is 10.5. The number of likely N-dealkylation sites (N-methyl/N-ethyl adjacent to an activating group) is 1. The van der Waals surface area contributed by atoms with Gasteiger partial charge in [0.15, 0.2) is 0 Å². The fourth-order valence-electron chi connectivity index (χ4n) is 2.47. The lowest BCUT2D eigenvalue weighted by molar-refractivity contribution is 0.207. The average molecular weight is 316 g/mol. The Labute approximate surface area is 135 Å². The first kappa shape index (κ1) is 15.0. The number of aromatic nitrogens is 2. The molecule has 2 aromatic rings. The number of hydrogen-bond donors (Lipinski definition) is 0. The third kappa shape index (κ3) is 3.84. The van der Waals surface area contributed by atoms with Crippen LogP contribution in [0.15, 0.2) is 36.8 Å². The Bertz CT molecular complexity index is 660. The zero-order chi connectivity index (χ0) is 15.4. The molecule has 0 aromatic carbocycles. The van der Waals surface area contributed by atoms with E-state index in [1.807, 2.05) is 30.4 Å². The summed E-state index contributed by atoms with van der Waals surface area (Å²) < 4.78 is 5.99. The van der Waals surface area contributed by atoms with Crippen molar-refractivity contribution in [1.29, 1.82) is 0 Å². The summed E-state index contributed by atoms with van der Waals surface area (Å²) in [7, 11) is 2.10. The Balaban J connectivity index is 1.74. The maximum atomic E-state index is 6.16. The molecule has 0 radical (unpaired) electrons. The largest absolute Gasteiger partial charge is 0.487 e. The van der Waals surface area contributed by atoms with Crippen molar-refractivity contribution in [3.63, 3.8) is 0 Å². The normalized spacial score (nSPS) is 18.9. The Morgan fingerprint density at radius 2 is 2.14 bits per heavy atom. The van der Waals surface area contributed by atoms with Gasteiger partial charge in [0.05, 0.1) is 6.20 Å². The summed E-state index contributed by atoms with van der Waals surface area (Å²) in [5.41, 5.74) is 1.91. The molecule has 0 N–H and O–H groups in total. The Hall–Kier alpha value is -1.91. The number of ether oxygens (including phenoxy) is 1. The molecule has 1 fully saturated rings. The van der Waals surface area contributed by atoms with Gasteiger partial charge >= 0.3 is 0 Å². The van der Waals surface area contributed by atoms with E-state index in [2.05, 4.69) is 21.9 Å². The molecule has 0 saturated carbocycles. The molecule has 4 nitrogen and oxygen atoms in total. The van der Waals surface area contributed by atoms with E-state index in [-0.39, 0.29) is 6.10 Å². The van der Waals surface area contributed by atoms with Crippen molar-refractivity contribution in [1.82, 2.24) is 14.9 Å². The fourth-order valence-corrected chi connectivity index (χ4v) is 2.64. The highest BCUT2D eigenvalue weighted by Crippen LogP contribution is 2.23. The number of pyridine rings is 2. The van der Waals surface area contributed by atoms with Crippen LogP contribution in [0.3, 0.4) is 0 Å². The van der Waals surface area contributed by atoms with Gasteiger partial charge in [-0.25, -0.2) is 4.98 Å². The third-order valence-corrected chi connectivity index (χ3v) is 3.97. The zero-order valence-electron chi connectivity index (χ0n) is 12.4. The van der Waals surface area contributed by atoms with Gasteiger partial charge in [-0.2, -0.15) is 0 Å². The van der Waals surface area contributed by atoms with Crippen molar-refractivity contribution in [3.8, 4) is 5.75 Å². The summed E-state index contributed by atoms with van der Waals surface area (Å²) in [5.74, 6) is 0.763. The van der Waals surface area contributed by atoms with Crippen molar-refractivity contribution >= 4 is 23.8 Å². The van der Waals surface area contributed by atoms with E-state index >= 15 is 0 Å². The molecule has 0 bridgehead atoms. The van der Waals surface area contributed by atoms with E-state index in [9.17, 15) is 0 Å². The highest BCUT2D eigenvalue weighted by molar-refractivity contribution is 6.31. The lowest BCUT2D eigenvalue weighted by Crippen LogP contribution is -2.21. The van der Waals surface area contributed by atoms with E-state index in [0.717, 1.165) is 36.4 Å². The van der Waals surface area contributed by atoms with Crippen molar-refractivity contribution in [2.45, 2.75) is 12.5 Å². The summed E-state index contributed by atoms with van der Waals surface area (Å²) in [6.07, 6.45) is 10.4. The van der Waals surface area contributed by atoms with Gasteiger partial charge in [-0.05, 0) is 37.2 Å². The predicted octanol–water partition coefficient (Wildman–Crippen LogP) is 3.38. The smallest absolute Gasteiger partial charge is 0.138 e. The van der Waals surface area contributed by atoms with Crippen LogP contribution in [0.25, 0.3) is 12.2 Å². The molecule has 1 saturated heterocycles. The van der Waals surface area contributed by atoms with Gasteiger partial charge in [0.1, 0.15) is 17.0 Å². The number of nitrogens with zero attached hydrogens (tertiary/aromatic N) is 3. The Morgan fingerprint density at radius 1 is 1.32 bits per heavy atom. The lowest BCUT2D eigenvalue weighted by atomic mass is 10.2. The summed E-state index contributed by atoms with van der Waals surface area (Å²) in [6.45, 7) is 2.02. The van der Waals surface area contributed by atoms with Gasteiger partial charge in [0, 0.05) is 31.0 Å². The SMILES string of the molecule is CN1CC[C@H](Oc2cnc(Cl)c(/C=C/c3ccncc3)c2)C1. The van der Waals surface area contributed by atoms with Crippen LogP contribution in [0.2, 0.25) is 5.15 Å². The van der Waals surface area contributed by atoms with Crippen LogP contribution in [0.1, 0.15) is 17.5 Å². The maximum absolute atomic E-state index is 6.16. The molecular weight excluding hydrogens is 298 g/mol. The molecule has 1 aliphatic rings. The molecule has 1 atom stereocenters. The molecule has 0 aliphatic carbocycles. The van der Waals surface area contributed by atoms with Gasteiger partial charge in [-0.1, -0.05) is 23.8 Å². The molecule has 0 unspecified atom stereocenters. The monoisotopic (exact) mass is 315 g/mol. The molecule has 0 spiro atoms. The molecule has 1 aliphatic heterocycles. The third-order valence-electron chi connectivity index (χ3n) is 3.65. The first-order valence-electron chi connectivity index (χ1n) is 7.29. The summed E-state index contributed by atoms with van der Waals surface area (Å²) in [6, 6.07) is 5.81. The Kier molecular flexibility index (Phi) is 4.71. The highest BCUT2D eigenvalue weighted by atomic mass is 35.5. The number of likely N-dealkylation sites (tertiary alicyclic amines) is 1. The maximum Gasteiger partial charge on any atom is 0.138 e. The Morgan fingerprint density at radius 3 is 2.86 bits per heavy atom. The van der Waals surface area contributed by atoms with Crippen LogP contribution in [0, 0.1) is 0 Å². The predicted molar refractivity (Wildman–Crippen MR) is 88.9 cm³/mol. The van der Waals surface area contributed by atoms with E-state index in [1.54, 1.807) is 18.6 Å². The zero-order valence-corrected chi connectivity index (χ0v) is 13.2. The van der Waals surface area contributed by atoms with Crippen LogP contribution in [0.4, 0.5) is 0 Å². The molecular formula is C17H18ClN3O. The first-order valence-corrected chi connectivity index (χ1v) is 7.67. The van der Waals surface area contributed by atoms with Crippen molar-refractivity contribution < 1.29 is 4.74 Å². The van der Waals surface area contributed by atoms with E-state index < -0.39 is 0 Å².